The summed E-state index contributed by atoms with van der Waals surface area (Å²) in [6.07, 6.45) is 3.61. The minimum Gasteiger partial charge on any atom is -0.477 e. The summed E-state index contributed by atoms with van der Waals surface area (Å²) >= 11 is 0. The van der Waals surface area contributed by atoms with E-state index in [0.717, 1.165) is 36.1 Å². The fraction of sp³-hybridized carbons (Fsp3) is 0.611. The van der Waals surface area contributed by atoms with Crippen LogP contribution in [0.1, 0.15) is 54.1 Å². The number of pyridine rings is 1. The molecule has 1 atom stereocenters. The molecule has 0 radical (unpaired) electrons. The van der Waals surface area contributed by atoms with E-state index in [1.54, 1.807) is 6.07 Å². The van der Waals surface area contributed by atoms with Crippen molar-refractivity contribution < 1.29 is 23.1 Å². The quantitative estimate of drug-likeness (QED) is 0.836. The molecule has 2 heterocycles. The standard InChI is InChI=1S/C18H21F2N3O3/c19-18(20)7-14(15(21)24)23(9-18)17(25)13-6-5-12(11-3-4-11)16(22-13)26-8-10-1-2-10/h5-6,10-11,14H,1-4,7-9H2,(H2,21,24). The number of primary amides is 1. The third-order valence-corrected chi connectivity index (χ3v) is 5.14. The second-order valence-corrected chi connectivity index (χ2v) is 7.53. The molecule has 6 nitrogen and oxygen atoms in total. The topological polar surface area (TPSA) is 85.5 Å². The number of nitrogens with two attached hydrogens (primary N) is 1. The van der Waals surface area contributed by atoms with Crippen LogP contribution < -0.4 is 10.5 Å². The molecule has 0 spiro atoms. The van der Waals surface area contributed by atoms with Crippen LogP contribution in [0.4, 0.5) is 8.78 Å². The molecule has 1 aliphatic heterocycles. The highest BCUT2D eigenvalue weighted by Gasteiger charge is 2.49. The summed E-state index contributed by atoms with van der Waals surface area (Å²) in [7, 11) is 0. The number of amides is 2. The molecule has 2 saturated carbocycles. The highest BCUT2D eigenvalue weighted by atomic mass is 19.3. The molecule has 0 bridgehead atoms. The van der Waals surface area contributed by atoms with Crippen LogP contribution in [0.15, 0.2) is 12.1 Å². The van der Waals surface area contributed by atoms with Crippen molar-refractivity contribution in [3.8, 4) is 5.88 Å². The summed E-state index contributed by atoms with van der Waals surface area (Å²) < 4.78 is 33.2. The number of halogens is 2. The fourth-order valence-corrected chi connectivity index (χ4v) is 3.30. The van der Waals surface area contributed by atoms with Crippen molar-refractivity contribution in [2.24, 2.45) is 11.7 Å². The summed E-state index contributed by atoms with van der Waals surface area (Å²) in [5, 5.41) is 0. The number of likely N-dealkylation sites (tertiary alicyclic amines) is 1. The van der Waals surface area contributed by atoms with Crippen LogP contribution in [-0.2, 0) is 4.79 Å². The number of rotatable bonds is 6. The summed E-state index contributed by atoms with van der Waals surface area (Å²) in [6, 6.07) is 1.99. The van der Waals surface area contributed by atoms with Crippen LogP contribution in [0.25, 0.3) is 0 Å². The number of carbonyl (C=O) groups is 2. The first-order valence-electron chi connectivity index (χ1n) is 8.96. The molecule has 8 heteroatoms. The van der Waals surface area contributed by atoms with Gasteiger partial charge in [0.05, 0.1) is 13.2 Å². The van der Waals surface area contributed by atoms with Gasteiger partial charge in [-0.2, -0.15) is 0 Å². The minimum absolute atomic E-state index is 0.00384. The Morgan fingerprint density at radius 2 is 2.00 bits per heavy atom. The van der Waals surface area contributed by atoms with Crippen LogP contribution in [0.2, 0.25) is 0 Å². The first-order chi connectivity index (χ1) is 12.3. The predicted molar refractivity (Wildman–Crippen MR) is 88.0 cm³/mol. The van der Waals surface area contributed by atoms with Gasteiger partial charge < -0.3 is 15.4 Å². The second-order valence-electron chi connectivity index (χ2n) is 7.53. The van der Waals surface area contributed by atoms with Crippen LogP contribution in [0.5, 0.6) is 5.88 Å². The molecule has 3 fully saturated rings. The maximum absolute atomic E-state index is 13.7. The first-order valence-corrected chi connectivity index (χ1v) is 8.96. The van der Waals surface area contributed by atoms with Crippen molar-refractivity contribution in [3.63, 3.8) is 0 Å². The summed E-state index contributed by atoms with van der Waals surface area (Å²) in [5.41, 5.74) is 6.17. The van der Waals surface area contributed by atoms with Gasteiger partial charge in [0.2, 0.25) is 11.8 Å². The Bertz CT molecular complexity index is 747. The number of alkyl halides is 2. The molecule has 1 aromatic heterocycles. The molecule has 3 aliphatic rings. The van der Waals surface area contributed by atoms with Crippen LogP contribution >= 0.6 is 0 Å². The Morgan fingerprint density at radius 1 is 1.27 bits per heavy atom. The largest absolute Gasteiger partial charge is 0.477 e. The van der Waals surface area contributed by atoms with Gasteiger partial charge >= 0.3 is 0 Å². The van der Waals surface area contributed by atoms with Gasteiger partial charge in [0.25, 0.3) is 11.8 Å². The van der Waals surface area contributed by atoms with Gasteiger partial charge in [-0.05, 0) is 43.6 Å². The van der Waals surface area contributed by atoms with Gasteiger partial charge in [-0.3, -0.25) is 9.59 Å². The lowest BCUT2D eigenvalue weighted by atomic mass is 10.1. The van der Waals surface area contributed by atoms with Crippen molar-refractivity contribution in [2.75, 3.05) is 13.2 Å². The molecule has 2 amide bonds. The Balaban J connectivity index is 1.58. The van der Waals surface area contributed by atoms with Crippen molar-refractivity contribution in [2.45, 2.75) is 50.0 Å². The van der Waals surface area contributed by atoms with Gasteiger partial charge in [0.1, 0.15) is 11.7 Å². The second kappa shape index (κ2) is 6.17. The molecule has 1 aromatic rings. The van der Waals surface area contributed by atoms with Crippen LogP contribution in [0.3, 0.4) is 0 Å². The van der Waals surface area contributed by atoms with E-state index >= 15 is 0 Å². The maximum Gasteiger partial charge on any atom is 0.273 e. The number of hydrogen-bond acceptors (Lipinski definition) is 4. The van der Waals surface area contributed by atoms with E-state index in [0.29, 0.717) is 24.3 Å². The smallest absolute Gasteiger partial charge is 0.273 e. The predicted octanol–water partition coefficient (Wildman–Crippen LogP) is 2.08. The number of hydrogen-bond donors (Lipinski definition) is 1. The van der Waals surface area contributed by atoms with Gasteiger partial charge in [0.15, 0.2) is 0 Å². The van der Waals surface area contributed by atoms with Crippen molar-refractivity contribution >= 4 is 11.8 Å². The lowest BCUT2D eigenvalue weighted by Gasteiger charge is -2.21. The van der Waals surface area contributed by atoms with Crippen molar-refractivity contribution in [3.05, 3.63) is 23.4 Å². The average Bonchev–Trinajstić information content (AvgIpc) is 3.49. The zero-order valence-corrected chi connectivity index (χ0v) is 14.3. The number of aromatic nitrogens is 1. The van der Waals surface area contributed by atoms with Crippen LogP contribution in [-0.4, -0.2) is 46.8 Å². The van der Waals surface area contributed by atoms with E-state index in [9.17, 15) is 18.4 Å². The third-order valence-electron chi connectivity index (χ3n) is 5.14. The average molecular weight is 365 g/mol. The normalized spacial score (nSPS) is 24.5. The molecule has 4 rings (SSSR count). The Labute approximate surface area is 149 Å². The van der Waals surface area contributed by atoms with Crippen LogP contribution in [0, 0.1) is 5.92 Å². The lowest BCUT2D eigenvalue weighted by Crippen LogP contribution is -2.44. The van der Waals surface area contributed by atoms with Gasteiger partial charge in [-0.1, -0.05) is 6.07 Å². The summed E-state index contributed by atoms with van der Waals surface area (Å²) in [6.45, 7) is -0.278. The molecule has 140 valence electrons. The highest BCUT2D eigenvalue weighted by Crippen LogP contribution is 2.44. The van der Waals surface area contributed by atoms with Crippen molar-refractivity contribution in [1.82, 2.24) is 9.88 Å². The zero-order valence-electron chi connectivity index (χ0n) is 14.3. The molecule has 2 aliphatic carbocycles. The lowest BCUT2D eigenvalue weighted by molar-refractivity contribution is -0.121. The molecule has 1 unspecified atom stereocenters. The van der Waals surface area contributed by atoms with E-state index in [2.05, 4.69) is 4.98 Å². The Morgan fingerprint density at radius 3 is 2.62 bits per heavy atom. The Kier molecular flexibility index (Phi) is 4.08. The van der Waals surface area contributed by atoms with Crippen molar-refractivity contribution in [1.29, 1.82) is 0 Å². The number of ether oxygens (including phenoxy) is 1. The molecular formula is C18H21F2N3O3. The van der Waals surface area contributed by atoms with Gasteiger partial charge in [-0.15, -0.1) is 0 Å². The Hall–Kier alpha value is -2.25. The maximum atomic E-state index is 13.7. The number of carbonyl (C=O) groups excluding carboxylic acids is 2. The molecule has 1 saturated heterocycles. The van der Waals surface area contributed by atoms with Gasteiger partial charge in [0, 0.05) is 12.0 Å². The summed E-state index contributed by atoms with van der Waals surface area (Å²) in [5.74, 6) is -3.46. The third kappa shape index (κ3) is 3.50. The first kappa shape index (κ1) is 17.2. The zero-order chi connectivity index (χ0) is 18.5. The minimum atomic E-state index is -3.13. The molecule has 2 N–H and O–H groups in total. The fourth-order valence-electron chi connectivity index (χ4n) is 3.30. The molecule has 0 aromatic carbocycles. The monoisotopic (exact) mass is 365 g/mol. The van der Waals surface area contributed by atoms with E-state index in [1.165, 1.54) is 6.07 Å². The molecule has 26 heavy (non-hydrogen) atoms. The SMILES string of the molecule is NC(=O)C1CC(F)(F)CN1C(=O)c1ccc(C2CC2)c(OCC2CC2)n1. The van der Waals surface area contributed by atoms with E-state index in [1.807, 2.05) is 0 Å². The number of nitrogens with zero attached hydrogens (tertiary/aromatic N) is 2. The van der Waals surface area contributed by atoms with Gasteiger partial charge in [-0.25, -0.2) is 13.8 Å². The van der Waals surface area contributed by atoms with E-state index in [4.69, 9.17) is 10.5 Å². The summed E-state index contributed by atoms with van der Waals surface area (Å²) in [4.78, 5) is 29.3. The van der Waals surface area contributed by atoms with E-state index < -0.39 is 36.7 Å². The highest BCUT2D eigenvalue weighted by molar-refractivity contribution is 5.96. The molecular weight excluding hydrogens is 344 g/mol. The van der Waals surface area contributed by atoms with E-state index in [-0.39, 0.29) is 5.69 Å².